The van der Waals surface area contributed by atoms with Crippen LogP contribution in [-0.2, 0) is 20.8 Å². The summed E-state index contributed by atoms with van der Waals surface area (Å²) in [7, 11) is 0. The first-order chi connectivity index (χ1) is 10.2. The quantitative estimate of drug-likeness (QED) is 0.641. The zero-order valence-electron chi connectivity index (χ0n) is 13.1. The van der Waals surface area contributed by atoms with E-state index in [1.54, 1.807) is 27.7 Å². The lowest BCUT2D eigenvalue weighted by Gasteiger charge is -2.14. The first-order valence-corrected chi connectivity index (χ1v) is 6.98. The van der Waals surface area contributed by atoms with Gasteiger partial charge in [0.05, 0.1) is 18.3 Å². The van der Waals surface area contributed by atoms with Crippen molar-refractivity contribution < 1.29 is 29.0 Å². The Morgan fingerprint density at radius 3 is 1.91 bits per heavy atom. The van der Waals surface area contributed by atoms with E-state index in [2.05, 4.69) is 0 Å². The fourth-order valence-corrected chi connectivity index (χ4v) is 1.45. The van der Waals surface area contributed by atoms with Gasteiger partial charge in [0.1, 0.15) is 0 Å². The summed E-state index contributed by atoms with van der Waals surface area (Å²) in [5, 5.41) is 8.82. The number of hydrogen-bond acceptors (Lipinski definition) is 5. The van der Waals surface area contributed by atoms with Crippen LogP contribution in [0.5, 0.6) is 11.5 Å². The van der Waals surface area contributed by atoms with Gasteiger partial charge in [-0.15, -0.1) is 0 Å². The summed E-state index contributed by atoms with van der Waals surface area (Å²) >= 11 is 0. The molecule has 0 unspecified atom stereocenters. The van der Waals surface area contributed by atoms with Gasteiger partial charge < -0.3 is 14.6 Å². The molecule has 22 heavy (non-hydrogen) atoms. The number of benzene rings is 1. The van der Waals surface area contributed by atoms with E-state index in [9.17, 15) is 14.4 Å². The molecule has 0 saturated heterocycles. The molecule has 0 aliphatic carbocycles. The molecule has 0 spiro atoms. The van der Waals surface area contributed by atoms with Crippen LogP contribution in [0.1, 0.15) is 33.3 Å². The minimum atomic E-state index is -1.01. The predicted octanol–water partition coefficient (Wildman–Crippen LogP) is 2.44. The molecule has 0 amide bonds. The van der Waals surface area contributed by atoms with Crippen LogP contribution in [0.25, 0.3) is 0 Å². The molecule has 1 aromatic carbocycles. The van der Waals surface area contributed by atoms with Crippen molar-refractivity contribution in [3.8, 4) is 11.5 Å². The third kappa shape index (κ3) is 5.20. The Morgan fingerprint density at radius 1 is 0.955 bits per heavy atom. The Bertz CT molecular complexity index is 574. The molecule has 1 rings (SSSR count). The minimum Gasteiger partial charge on any atom is -0.481 e. The van der Waals surface area contributed by atoms with Gasteiger partial charge in [-0.1, -0.05) is 33.8 Å². The van der Waals surface area contributed by atoms with Crippen LogP contribution in [0.2, 0.25) is 0 Å². The number of hydrogen-bond donors (Lipinski definition) is 1. The summed E-state index contributed by atoms with van der Waals surface area (Å²) < 4.78 is 10.4. The molecule has 6 heteroatoms. The summed E-state index contributed by atoms with van der Waals surface area (Å²) in [6.45, 7) is 6.70. The SMILES string of the molecule is CC(C)C(=O)Oc1ccc(CC(=O)O)cc1OC(=O)C(C)C. The Kier molecular flexibility index (Phi) is 6.10. The second kappa shape index (κ2) is 7.59. The summed E-state index contributed by atoms with van der Waals surface area (Å²) in [6.07, 6.45) is -0.218. The lowest BCUT2D eigenvalue weighted by molar-refractivity contribution is -0.140. The number of carboxylic acids is 1. The van der Waals surface area contributed by atoms with Crippen LogP contribution in [0.3, 0.4) is 0 Å². The lowest BCUT2D eigenvalue weighted by atomic mass is 10.1. The van der Waals surface area contributed by atoms with Crippen LogP contribution in [0, 0.1) is 11.8 Å². The van der Waals surface area contributed by atoms with Crippen LogP contribution in [0.4, 0.5) is 0 Å². The van der Waals surface area contributed by atoms with E-state index >= 15 is 0 Å². The summed E-state index contributed by atoms with van der Waals surface area (Å²) in [6, 6.07) is 4.35. The summed E-state index contributed by atoms with van der Waals surface area (Å²) in [5.41, 5.74) is 0.448. The Balaban J connectivity index is 3.10. The molecule has 0 aromatic heterocycles. The molecule has 1 aromatic rings. The van der Waals surface area contributed by atoms with Crippen LogP contribution >= 0.6 is 0 Å². The highest BCUT2D eigenvalue weighted by atomic mass is 16.6. The molecule has 0 radical (unpaired) electrons. The molecular formula is C16H20O6. The summed E-state index contributed by atoms with van der Waals surface area (Å²) in [5.74, 6) is -2.52. The van der Waals surface area contributed by atoms with E-state index in [1.165, 1.54) is 18.2 Å². The molecule has 0 aliphatic rings. The van der Waals surface area contributed by atoms with Crippen molar-refractivity contribution in [1.29, 1.82) is 0 Å². The third-order valence-electron chi connectivity index (χ3n) is 2.73. The molecule has 0 fully saturated rings. The number of esters is 2. The average molecular weight is 308 g/mol. The van der Waals surface area contributed by atoms with Gasteiger partial charge in [0.25, 0.3) is 0 Å². The molecule has 120 valence electrons. The molecular weight excluding hydrogens is 288 g/mol. The van der Waals surface area contributed by atoms with Crippen molar-refractivity contribution in [2.45, 2.75) is 34.1 Å². The maximum atomic E-state index is 11.7. The van der Waals surface area contributed by atoms with E-state index in [-0.39, 0.29) is 29.8 Å². The highest BCUT2D eigenvalue weighted by Crippen LogP contribution is 2.30. The number of aliphatic carboxylic acids is 1. The van der Waals surface area contributed by atoms with Gasteiger partial charge in [-0.05, 0) is 17.7 Å². The van der Waals surface area contributed by atoms with Gasteiger partial charge in [-0.3, -0.25) is 14.4 Å². The van der Waals surface area contributed by atoms with Crippen LogP contribution in [-0.4, -0.2) is 23.0 Å². The van der Waals surface area contributed by atoms with Crippen molar-refractivity contribution in [1.82, 2.24) is 0 Å². The number of carboxylic acid groups (broad SMARTS) is 1. The maximum Gasteiger partial charge on any atom is 0.313 e. The van der Waals surface area contributed by atoms with Gasteiger partial charge in [-0.25, -0.2) is 0 Å². The lowest BCUT2D eigenvalue weighted by Crippen LogP contribution is -2.18. The first kappa shape index (κ1) is 17.7. The molecule has 0 atom stereocenters. The topological polar surface area (TPSA) is 89.9 Å². The molecule has 1 N–H and O–H groups in total. The van der Waals surface area contributed by atoms with E-state index in [0.717, 1.165) is 0 Å². The Hall–Kier alpha value is -2.37. The molecule has 6 nitrogen and oxygen atoms in total. The first-order valence-electron chi connectivity index (χ1n) is 6.98. The smallest absolute Gasteiger partial charge is 0.313 e. The zero-order valence-corrected chi connectivity index (χ0v) is 13.1. The van der Waals surface area contributed by atoms with Gasteiger partial charge in [0, 0.05) is 0 Å². The molecule has 0 saturated carbocycles. The van der Waals surface area contributed by atoms with Crippen molar-refractivity contribution >= 4 is 17.9 Å². The molecule has 0 bridgehead atoms. The second-order valence-corrected chi connectivity index (χ2v) is 5.50. The predicted molar refractivity (Wildman–Crippen MR) is 78.7 cm³/mol. The fraction of sp³-hybridized carbons (Fsp3) is 0.438. The maximum absolute atomic E-state index is 11.7. The second-order valence-electron chi connectivity index (χ2n) is 5.50. The highest BCUT2D eigenvalue weighted by molar-refractivity contribution is 5.78. The molecule has 0 heterocycles. The fourth-order valence-electron chi connectivity index (χ4n) is 1.45. The summed E-state index contributed by atoms with van der Waals surface area (Å²) in [4.78, 5) is 34.2. The van der Waals surface area contributed by atoms with Crippen molar-refractivity contribution in [3.63, 3.8) is 0 Å². The number of carbonyl (C=O) groups excluding carboxylic acids is 2. The Labute approximate surface area is 129 Å². The van der Waals surface area contributed by atoms with Gasteiger partial charge in [-0.2, -0.15) is 0 Å². The zero-order chi connectivity index (χ0) is 16.9. The third-order valence-corrected chi connectivity index (χ3v) is 2.73. The number of ether oxygens (including phenoxy) is 2. The van der Waals surface area contributed by atoms with E-state index in [4.69, 9.17) is 14.6 Å². The van der Waals surface area contributed by atoms with Gasteiger partial charge in [0.15, 0.2) is 11.5 Å². The van der Waals surface area contributed by atoms with Crippen LogP contribution < -0.4 is 9.47 Å². The van der Waals surface area contributed by atoms with Gasteiger partial charge >= 0.3 is 17.9 Å². The van der Waals surface area contributed by atoms with Gasteiger partial charge in [0.2, 0.25) is 0 Å². The standard InChI is InChI=1S/C16H20O6/c1-9(2)15(19)21-12-6-5-11(8-14(17)18)7-13(12)22-16(20)10(3)4/h5-7,9-10H,8H2,1-4H3,(H,17,18). The van der Waals surface area contributed by atoms with E-state index < -0.39 is 17.9 Å². The van der Waals surface area contributed by atoms with Crippen molar-refractivity contribution in [2.24, 2.45) is 11.8 Å². The minimum absolute atomic E-state index is 0.0476. The normalized spacial score (nSPS) is 10.6. The largest absolute Gasteiger partial charge is 0.481 e. The van der Waals surface area contributed by atoms with Crippen molar-refractivity contribution in [3.05, 3.63) is 23.8 Å². The number of carbonyl (C=O) groups is 3. The highest BCUT2D eigenvalue weighted by Gasteiger charge is 2.18. The molecule has 0 aliphatic heterocycles. The van der Waals surface area contributed by atoms with E-state index in [1.807, 2.05) is 0 Å². The average Bonchev–Trinajstić information content (AvgIpc) is 2.40. The Morgan fingerprint density at radius 2 is 1.45 bits per heavy atom. The monoisotopic (exact) mass is 308 g/mol. The van der Waals surface area contributed by atoms with Crippen molar-refractivity contribution in [2.75, 3.05) is 0 Å². The van der Waals surface area contributed by atoms with E-state index in [0.29, 0.717) is 5.56 Å². The number of rotatable bonds is 6. The van der Waals surface area contributed by atoms with Crippen LogP contribution in [0.15, 0.2) is 18.2 Å².